The molecule has 1 aliphatic rings. The summed E-state index contributed by atoms with van der Waals surface area (Å²) >= 11 is 0. The topological polar surface area (TPSA) is 97.8 Å². The highest BCUT2D eigenvalue weighted by Gasteiger charge is 2.12. The Morgan fingerprint density at radius 2 is 1.72 bits per heavy atom. The van der Waals surface area contributed by atoms with E-state index < -0.39 is 0 Å². The Hall–Kier alpha value is -3.85. The zero-order chi connectivity index (χ0) is 22.2. The van der Waals surface area contributed by atoms with Crippen LogP contribution in [0, 0.1) is 0 Å². The van der Waals surface area contributed by atoms with Crippen LogP contribution in [0.1, 0.15) is 0 Å². The first-order chi connectivity index (χ1) is 15.7. The van der Waals surface area contributed by atoms with E-state index in [0.29, 0.717) is 30.5 Å². The van der Waals surface area contributed by atoms with Crippen molar-refractivity contribution >= 4 is 28.8 Å². The summed E-state index contributed by atoms with van der Waals surface area (Å²) in [6, 6.07) is 16.4. The van der Waals surface area contributed by atoms with Crippen LogP contribution in [0.15, 0.2) is 60.8 Å². The van der Waals surface area contributed by atoms with E-state index in [2.05, 4.69) is 25.7 Å². The van der Waals surface area contributed by atoms with Crippen molar-refractivity contribution < 1.29 is 19.0 Å². The van der Waals surface area contributed by atoms with Gasteiger partial charge in [-0.05, 0) is 48.5 Å². The predicted octanol–water partition coefficient (Wildman–Crippen LogP) is 3.08. The van der Waals surface area contributed by atoms with Gasteiger partial charge in [-0.1, -0.05) is 0 Å². The average molecular weight is 435 g/mol. The molecule has 3 aromatic rings. The number of aromatic nitrogens is 2. The first-order valence-electron chi connectivity index (χ1n) is 10.3. The van der Waals surface area contributed by atoms with E-state index in [0.717, 1.165) is 30.2 Å². The van der Waals surface area contributed by atoms with Crippen molar-refractivity contribution in [3.05, 3.63) is 60.8 Å². The Labute approximate surface area is 186 Å². The molecule has 166 valence electrons. The number of amides is 1. The van der Waals surface area contributed by atoms with Gasteiger partial charge in [0.25, 0.3) is 5.91 Å². The number of carbonyl (C=O) groups excluding carboxylic acids is 1. The molecule has 1 aliphatic heterocycles. The molecule has 0 bridgehead atoms. The number of anilines is 4. The first-order valence-corrected chi connectivity index (χ1v) is 10.3. The van der Waals surface area contributed by atoms with Crippen LogP contribution in [0.4, 0.5) is 22.9 Å². The van der Waals surface area contributed by atoms with E-state index >= 15 is 0 Å². The summed E-state index contributed by atoms with van der Waals surface area (Å²) in [6.07, 6.45) is 1.75. The maximum Gasteiger partial charge on any atom is 0.262 e. The van der Waals surface area contributed by atoms with Crippen LogP contribution >= 0.6 is 0 Å². The number of carbonyl (C=O) groups is 1. The standard InChI is InChI=1S/C23H25N5O4/c1-30-20-6-8-21(9-7-20)32-16-23(29)26-18-4-2-17(3-5-18)25-22-14-19(15-24-27-22)28-10-12-31-13-11-28/h2-9,14-15H,10-13,16H2,1H3,(H,25,27)(H,26,29). The number of hydrogen-bond acceptors (Lipinski definition) is 8. The van der Waals surface area contributed by atoms with Crippen molar-refractivity contribution in [1.82, 2.24) is 10.2 Å². The van der Waals surface area contributed by atoms with Gasteiger partial charge >= 0.3 is 0 Å². The Kier molecular flexibility index (Phi) is 6.98. The molecule has 1 fully saturated rings. The second-order valence-electron chi connectivity index (χ2n) is 7.11. The number of rotatable bonds is 8. The molecule has 1 saturated heterocycles. The SMILES string of the molecule is COc1ccc(OCC(=O)Nc2ccc(Nc3cc(N4CCOCC4)cnn3)cc2)cc1. The lowest BCUT2D eigenvalue weighted by Crippen LogP contribution is -2.36. The number of nitrogens with zero attached hydrogens (tertiary/aromatic N) is 3. The fourth-order valence-electron chi connectivity index (χ4n) is 3.21. The lowest BCUT2D eigenvalue weighted by atomic mass is 10.2. The van der Waals surface area contributed by atoms with Crippen molar-refractivity contribution in [3.63, 3.8) is 0 Å². The van der Waals surface area contributed by atoms with E-state index in [4.69, 9.17) is 14.2 Å². The number of benzene rings is 2. The smallest absolute Gasteiger partial charge is 0.262 e. The monoisotopic (exact) mass is 435 g/mol. The number of methoxy groups -OCH3 is 1. The molecule has 4 rings (SSSR count). The second kappa shape index (κ2) is 10.5. The fourth-order valence-corrected chi connectivity index (χ4v) is 3.21. The summed E-state index contributed by atoms with van der Waals surface area (Å²) in [5.41, 5.74) is 2.52. The van der Waals surface area contributed by atoms with Gasteiger partial charge in [-0.15, -0.1) is 5.10 Å². The third-order valence-corrected chi connectivity index (χ3v) is 4.89. The molecule has 0 radical (unpaired) electrons. The molecule has 1 amide bonds. The van der Waals surface area contributed by atoms with Gasteiger partial charge < -0.3 is 29.7 Å². The number of hydrogen-bond donors (Lipinski definition) is 2. The third-order valence-electron chi connectivity index (χ3n) is 4.89. The summed E-state index contributed by atoms with van der Waals surface area (Å²) in [4.78, 5) is 14.4. The minimum absolute atomic E-state index is 0.0871. The Morgan fingerprint density at radius 3 is 2.44 bits per heavy atom. The van der Waals surface area contributed by atoms with Crippen LogP contribution < -0.4 is 25.0 Å². The predicted molar refractivity (Wildman–Crippen MR) is 122 cm³/mol. The zero-order valence-electron chi connectivity index (χ0n) is 17.8. The van der Waals surface area contributed by atoms with E-state index in [1.807, 2.05) is 30.3 Å². The lowest BCUT2D eigenvalue weighted by molar-refractivity contribution is -0.118. The molecule has 9 nitrogen and oxygen atoms in total. The van der Waals surface area contributed by atoms with Crippen molar-refractivity contribution in [2.75, 3.05) is 55.6 Å². The van der Waals surface area contributed by atoms with E-state index in [1.54, 1.807) is 37.6 Å². The van der Waals surface area contributed by atoms with Crippen molar-refractivity contribution in [3.8, 4) is 11.5 Å². The Bertz CT molecular complexity index is 1020. The maximum absolute atomic E-state index is 12.2. The van der Waals surface area contributed by atoms with Crippen LogP contribution in [0.2, 0.25) is 0 Å². The molecule has 1 aromatic heterocycles. The molecular formula is C23H25N5O4. The zero-order valence-corrected chi connectivity index (χ0v) is 17.8. The average Bonchev–Trinajstić information content (AvgIpc) is 2.85. The highest BCUT2D eigenvalue weighted by Crippen LogP contribution is 2.22. The molecule has 0 atom stereocenters. The van der Waals surface area contributed by atoms with Crippen LogP contribution in [0.3, 0.4) is 0 Å². The molecule has 0 aliphatic carbocycles. The summed E-state index contributed by atoms with van der Waals surface area (Å²) in [5, 5.41) is 14.3. The second-order valence-corrected chi connectivity index (χ2v) is 7.11. The molecular weight excluding hydrogens is 410 g/mol. The third kappa shape index (κ3) is 5.86. The summed E-state index contributed by atoms with van der Waals surface area (Å²) in [6.45, 7) is 3.01. The normalized spacial score (nSPS) is 13.3. The molecule has 0 unspecified atom stereocenters. The van der Waals surface area contributed by atoms with Crippen LogP contribution in [0.5, 0.6) is 11.5 Å². The van der Waals surface area contributed by atoms with Gasteiger partial charge in [0.1, 0.15) is 11.5 Å². The maximum atomic E-state index is 12.2. The molecule has 2 N–H and O–H groups in total. The van der Waals surface area contributed by atoms with E-state index in [9.17, 15) is 4.79 Å². The van der Waals surface area contributed by atoms with E-state index in [1.165, 1.54) is 0 Å². The molecule has 9 heteroatoms. The van der Waals surface area contributed by atoms with Gasteiger partial charge in [-0.25, -0.2) is 0 Å². The number of ether oxygens (including phenoxy) is 3. The fraction of sp³-hybridized carbons (Fsp3) is 0.261. The first kappa shape index (κ1) is 21.4. The molecule has 2 aromatic carbocycles. The van der Waals surface area contributed by atoms with E-state index in [-0.39, 0.29) is 12.5 Å². The van der Waals surface area contributed by atoms with Crippen molar-refractivity contribution in [1.29, 1.82) is 0 Å². The summed E-state index contributed by atoms with van der Waals surface area (Å²) in [7, 11) is 1.60. The lowest BCUT2D eigenvalue weighted by Gasteiger charge is -2.28. The van der Waals surface area contributed by atoms with Crippen molar-refractivity contribution in [2.24, 2.45) is 0 Å². The van der Waals surface area contributed by atoms with Crippen LogP contribution in [0.25, 0.3) is 0 Å². The summed E-state index contributed by atoms with van der Waals surface area (Å²) < 4.78 is 16.0. The minimum atomic E-state index is -0.245. The Morgan fingerprint density at radius 1 is 1.03 bits per heavy atom. The molecule has 2 heterocycles. The largest absolute Gasteiger partial charge is 0.497 e. The van der Waals surface area contributed by atoms with Gasteiger partial charge in [0.05, 0.1) is 32.2 Å². The quantitative estimate of drug-likeness (QED) is 0.557. The molecule has 32 heavy (non-hydrogen) atoms. The van der Waals surface area contributed by atoms with Crippen LogP contribution in [-0.4, -0.2) is 56.1 Å². The summed E-state index contributed by atoms with van der Waals surface area (Å²) in [5.74, 6) is 1.74. The van der Waals surface area contributed by atoms with Crippen molar-refractivity contribution in [2.45, 2.75) is 0 Å². The van der Waals surface area contributed by atoms with Gasteiger partial charge in [0.15, 0.2) is 12.4 Å². The van der Waals surface area contributed by atoms with Gasteiger partial charge in [-0.2, -0.15) is 5.10 Å². The highest BCUT2D eigenvalue weighted by molar-refractivity contribution is 5.92. The molecule has 0 spiro atoms. The van der Waals surface area contributed by atoms with Gasteiger partial charge in [0.2, 0.25) is 0 Å². The number of nitrogens with one attached hydrogen (secondary N) is 2. The molecule has 0 saturated carbocycles. The Balaban J connectivity index is 1.28. The van der Waals surface area contributed by atoms with Gasteiger partial charge in [-0.3, -0.25) is 4.79 Å². The minimum Gasteiger partial charge on any atom is -0.497 e. The van der Waals surface area contributed by atoms with Gasteiger partial charge in [0, 0.05) is 30.5 Å². The number of morpholine rings is 1. The van der Waals surface area contributed by atoms with Crippen LogP contribution in [-0.2, 0) is 9.53 Å². The highest BCUT2D eigenvalue weighted by atomic mass is 16.5.